The van der Waals surface area contributed by atoms with E-state index in [1.807, 2.05) is 31.2 Å². The lowest BCUT2D eigenvalue weighted by Gasteiger charge is -2.17. The minimum Gasteiger partial charge on any atom is -0.370 e. The van der Waals surface area contributed by atoms with Crippen LogP contribution in [-0.4, -0.2) is 24.6 Å². The van der Waals surface area contributed by atoms with Crippen LogP contribution in [0.4, 0.5) is 0 Å². The van der Waals surface area contributed by atoms with E-state index in [0.29, 0.717) is 11.9 Å². The van der Waals surface area contributed by atoms with Crippen molar-refractivity contribution in [2.45, 2.75) is 19.5 Å². The fraction of sp³-hybridized carbons (Fsp3) is 0.333. The number of aliphatic imine (C=N–C) groups is 2. The molecule has 1 atom stereocenters. The van der Waals surface area contributed by atoms with Gasteiger partial charge in [-0.25, -0.2) is 9.98 Å². The lowest BCUT2D eigenvalue weighted by molar-refractivity contribution is 0.736. The predicted molar refractivity (Wildman–Crippen MR) is 74.8 cm³/mol. The van der Waals surface area contributed by atoms with Crippen molar-refractivity contribution in [1.29, 1.82) is 0 Å². The van der Waals surface area contributed by atoms with E-state index in [9.17, 15) is 0 Å². The van der Waals surface area contributed by atoms with Crippen molar-refractivity contribution in [3.05, 3.63) is 34.9 Å². The van der Waals surface area contributed by atoms with Crippen molar-refractivity contribution < 1.29 is 0 Å². The zero-order chi connectivity index (χ0) is 13.0. The third-order valence-electron chi connectivity index (χ3n) is 2.48. The van der Waals surface area contributed by atoms with Crippen molar-refractivity contribution in [1.82, 2.24) is 10.6 Å². The van der Waals surface area contributed by atoms with Gasteiger partial charge in [-0.05, 0) is 31.0 Å². The van der Waals surface area contributed by atoms with E-state index in [1.54, 1.807) is 0 Å². The zero-order valence-electron chi connectivity index (χ0n) is 10.2. The Labute approximate surface area is 111 Å². The summed E-state index contributed by atoms with van der Waals surface area (Å²) < 4.78 is 0. The number of nitrogens with one attached hydrogen (secondary N) is 2. The first-order valence-corrected chi connectivity index (χ1v) is 6.18. The van der Waals surface area contributed by atoms with Crippen molar-refractivity contribution in [3.8, 4) is 0 Å². The number of hydrogen-bond donors (Lipinski definition) is 3. The third kappa shape index (κ3) is 3.63. The topological polar surface area (TPSA) is 74.8 Å². The molecule has 18 heavy (non-hydrogen) atoms. The number of nitrogens with two attached hydrogens (primary N) is 1. The van der Waals surface area contributed by atoms with Crippen LogP contribution in [0.5, 0.6) is 0 Å². The lowest BCUT2D eigenvalue weighted by Crippen LogP contribution is -2.48. The molecule has 0 aromatic heterocycles. The normalized spacial score (nSPS) is 18.7. The molecular formula is C12H16ClN5. The summed E-state index contributed by atoms with van der Waals surface area (Å²) >= 11 is 5.92. The molecule has 1 aliphatic rings. The van der Waals surface area contributed by atoms with Crippen LogP contribution in [0.25, 0.3) is 0 Å². The Balaban J connectivity index is 1.83. The Morgan fingerprint density at radius 2 is 2.28 bits per heavy atom. The van der Waals surface area contributed by atoms with Crippen molar-refractivity contribution >= 4 is 23.5 Å². The Morgan fingerprint density at radius 3 is 3.00 bits per heavy atom. The quantitative estimate of drug-likeness (QED) is 0.766. The number of hydrogen-bond acceptors (Lipinski definition) is 5. The van der Waals surface area contributed by atoms with Gasteiger partial charge in [0.1, 0.15) is 6.17 Å². The molecule has 0 saturated carbocycles. The fourth-order valence-corrected chi connectivity index (χ4v) is 1.92. The highest BCUT2D eigenvalue weighted by Crippen LogP contribution is 2.10. The molecule has 5 nitrogen and oxygen atoms in total. The van der Waals surface area contributed by atoms with Crippen LogP contribution in [0, 0.1) is 0 Å². The molecule has 1 unspecified atom stereocenters. The molecule has 1 heterocycles. The Kier molecular flexibility index (Phi) is 4.04. The van der Waals surface area contributed by atoms with Crippen LogP contribution in [0.15, 0.2) is 34.3 Å². The highest BCUT2D eigenvalue weighted by atomic mass is 35.5. The average molecular weight is 266 g/mol. The summed E-state index contributed by atoms with van der Waals surface area (Å²) in [5.74, 6) is 1.06. The monoisotopic (exact) mass is 265 g/mol. The number of nitrogens with zero attached hydrogens (tertiary/aromatic N) is 2. The van der Waals surface area contributed by atoms with Gasteiger partial charge in [-0.3, -0.25) is 5.32 Å². The van der Waals surface area contributed by atoms with E-state index in [0.717, 1.165) is 18.0 Å². The van der Waals surface area contributed by atoms with Gasteiger partial charge in [0.25, 0.3) is 0 Å². The Hall–Kier alpha value is -1.75. The smallest absolute Gasteiger partial charge is 0.200 e. The molecule has 96 valence electrons. The van der Waals surface area contributed by atoms with Gasteiger partial charge in [0, 0.05) is 11.6 Å². The molecule has 2 rings (SSSR count). The molecule has 1 aliphatic heterocycles. The van der Waals surface area contributed by atoms with Gasteiger partial charge in [0.15, 0.2) is 11.9 Å². The molecule has 0 spiro atoms. The summed E-state index contributed by atoms with van der Waals surface area (Å²) in [5.41, 5.74) is 6.80. The van der Waals surface area contributed by atoms with Gasteiger partial charge < -0.3 is 11.1 Å². The SMILES string of the molecule is CC1N=C(N)NC(NCCc2cccc(Cl)c2)=N1. The zero-order valence-corrected chi connectivity index (χ0v) is 10.9. The molecule has 0 saturated heterocycles. The molecule has 1 aromatic carbocycles. The summed E-state index contributed by atoms with van der Waals surface area (Å²) in [6, 6.07) is 7.81. The fourth-order valence-electron chi connectivity index (χ4n) is 1.71. The van der Waals surface area contributed by atoms with Crippen LogP contribution in [0.1, 0.15) is 12.5 Å². The van der Waals surface area contributed by atoms with Gasteiger partial charge >= 0.3 is 0 Å². The summed E-state index contributed by atoms with van der Waals surface area (Å²) in [5, 5.41) is 6.83. The van der Waals surface area contributed by atoms with Gasteiger partial charge in [0.05, 0.1) is 0 Å². The van der Waals surface area contributed by atoms with Crippen LogP contribution < -0.4 is 16.4 Å². The first-order valence-electron chi connectivity index (χ1n) is 5.80. The number of rotatable bonds is 3. The van der Waals surface area contributed by atoms with Crippen molar-refractivity contribution in [3.63, 3.8) is 0 Å². The molecule has 0 radical (unpaired) electrons. The van der Waals surface area contributed by atoms with E-state index in [1.165, 1.54) is 5.56 Å². The Morgan fingerprint density at radius 1 is 1.44 bits per heavy atom. The first kappa shape index (κ1) is 12.7. The van der Waals surface area contributed by atoms with Crippen LogP contribution in [0.2, 0.25) is 5.02 Å². The number of benzene rings is 1. The molecule has 1 aromatic rings. The van der Waals surface area contributed by atoms with Gasteiger partial charge in [-0.2, -0.15) is 0 Å². The third-order valence-corrected chi connectivity index (χ3v) is 2.72. The highest BCUT2D eigenvalue weighted by Gasteiger charge is 2.09. The van der Waals surface area contributed by atoms with Gasteiger partial charge in [-0.1, -0.05) is 23.7 Å². The molecule has 4 N–H and O–H groups in total. The standard InChI is InChI=1S/C12H16ClN5/c1-8-16-11(14)18-12(17-8)15-6-5-9-3-2-4-10(13)7-9/h2-4,7-8H,5-6H2,1H3,(H4,14,15,16,17,18). The van der Waals surface area contributed by atoms with E-state index >= 15 is 0 Å². The van der Waals surface area contributed by atoms with Crippen LogP contribution in [0.3, 0.4) is 0 Å². The maximum absolute atomic E-state index is 5.92. The predicted octanol–water partition coefficient (Wildman–Crippen LogP) is 1.09. The summed E-state index contributed by atoms with van der Waals surface area (Å²) in [4.78, 5) is 8.33. The average Bonchev–Trinajstić information content (AvgIpc) is 2.27. The summed E-state index contributed by atoms with van der Waals surface area (Å²) in [6.45, 7) is 2.64. The molecule has 0 bridgehead atoms. The van der Waals surface area contributed by atoms with Crippen LogP contribution in [-0.2, 0) is 6.42 Å². The molecular weight excluding hydrogens is 250 g/mol. The molecule has 0 fully saturated rings. The number of guanidine groups is 2. The lowest BCUT2D eigenvalue weighted by atomic mass is 10.1. The Bertz CT molecular complexity index is 483. The summed E-state index contributed by atoms with van der Waals surface area (Å²) in [6.07, 6.45) is 0.729. The first-order chi connectivity index (χ1) is 8.63. The minimum atomic E-state index is -0.139. The molecule has 6 heteroatoms. The molecule has 0 amide bonds. The second kappa shape index (κ2) is 5.73. The van der Waals surface area contributed by atoms with Crippen LogP contribution >= 0.6 is 11.6 Å². The maximum atomic E-state index is 5.92. The van der Waals surface area contributed by atoms with E-state index in [-0.39, 0.29) is 6.17 Å². The van der Waals surface area contributed by atoms with E-state index in [2.05, 4.69) is 20.6 Å². The largest absolute Gasteiger partial charge is 0.370 e. The van der Waals surface area contributed by atoms with Crippen molar-refractivity contribution in [2.75, 3.05) is 6.54 Å². The maximum Gasteiger partial charge on any atom is 0.200 e. The minimum absolute atomic E-state index is 0.139. The van der Waals surface area contributed by atoms with E-state index < -0.39 is 0 Å². The van der Waals surface area contributed by atoms with Gasteiger partial charge in [0.2, 0.25) is 0 Å². The second-order valence-electron chi connectivity index (χ2n) is 4.06. The summed E-state index contributed by atoms with van der Waals surface area (Å²) in [7, 11) is 0. The molecule has 0 aliphatic carbocycles. The van der Waals surface area contributed by atoms with Gasteiger partial charge in [-0.15, -0.1) is 0 Å². The highest BCUT2D eigenvalue weighted by molar-refractivity contribution is 6.30. The van der Waals surface area contributed by atoms with E-state index in [4.69, 9.17) is 17.3 Å². The second-order valence-corrected chi connectivity index (χ2v) is 4.49. The number of halogens is 1. The van der Waals surface area contributed by atoms with Crippen molar-refractivity contribution in [2.24, 2.45) is 15.7 Å².